The van der Waals surface area contributed by atoms with E-state index in [2.05, 4.69) is 25.6 Å². The molecule has 0 aliphatic rings. The highest BCUT2D eigenvalue weighted by Crippen LogP contribution is 2.19. The average Bonchev–Trinajstić information content (AvgIpc) is 2.86. The molecular formula is C15H20ClN5O2. The van der Waals surface area contributed by atoms with Crippen LogP contribution in [-0.2, 0) is 6.54 Å². The lowest BCUT2D eigenvalue weighted by Crippen LogP contribution is -2.39. The molecule has 0 aliphatic carbocycles. The van der Waals surface area contributed by atoms with Crippen molar-refractivity contribution in [3.8, 4) is 5.88 Å². The van der Waals surface area contributed by atoms with Gasteiger partial charge in [0.2, 0.25) is 11.8 Å². The molecule has 2 rings (SSSR count). The molecule has 0 unspecified atom stereocenters. The molecule has 0 amide bonds. The Balaban J connectivity index is 1.72. The zero-order valence-corrected chi connectivity index (χ0v) is 14.1. The summed E-state index contributed by atoms with van der Waals surface area (Å²) in [7, 11) is 1.69. The molecule has 2 N–H and O–H groups in total. The largest absolute Gasteiger partial charge is 0.475 e. The van der Waals surface area contributed by atoms with Crippen molar-refractivity contribution in [2.45, 2.75) is 20.4 Å². The van der Waals surface area contributed by atoms with E-state index in [-0.39, 0.29) is 0 Å². The third-order valence-electron chi connectivity index (χ3n) is 3.06. The van der Waals surface area contributed by atoms with Gasteiger partial charge in [0.25, 0.3) is 0 Å². The van der Waals surface area contributed by atoms with E-state index in [4.69, 9.17) is 20.8 Å². The van der Waals surface area contributed by atoms with Crippen molar-refractivity contribution in [2.24, 2.45) is 4.99 Å². The molecule has 0 saturated heterocycles. The number of aliphatic imine (C=N–C) groups is 1. The average molecular weight is 338 g/mol. The van der Waals surface area contributed by atoms with E-state index in [1.807, 2.05) is 13.8 Å². The number of ether oxygens (including phenoxy) is 1. The van der Waals surface area contributed by atoms with Gasteiger partial charge in [0.15, 0.2) is 5.96 Å². The number of aromatic nitrogens is 2. The van der Waals surface area contributed by atoms with Gasteiger partial charge in [-0.1, -0.05) is 11.6 Å². The fourth-order valence-corrected chi connectivity index (χ4v) is 1.97. The lowest BCUT2D eigenvalue weighted by Gasteiger charge is -2.11. The first-order valence-electron chi connectivity index (χ1n) is 7.21. The second-order valence-electron chi connectivity index (χ2n) is 4.74. The van der Waals surface area contributed by atoms with Crippen LogP contribution in [0.3, 0.4) is 0 Å². The van der Waals surface area contributed by atoms with Crippen LogP contribution in [-0.4, -0.2) is 36.1 Å². The van der Waals surface area contributed by atoms with E-state index in [0.29, 0.717) is 42.4 Å². The number of guanidine groups is 1. The molecule has 0 fully saturated rings. The minimum atomic E-state index is 0.411. The van der Waals surface area contributed by atoms with E-state index < -0.39 is 0 Å². The number of pyridine rings is 1. The molecule has 8 heteroatoms. The van der Waals surface area contributed by atoms with Gasteiger partial charge in [-0.25, -0.2) is 9.97 Å². The van der Waals surface area contributed by atoms with Gasteiger partial charge in [0.1, 0.15) is 17.4 Å². The molecule has 0 radical (unpaired) electrons. The fraction of sp³-hybridized carbons (Fsp3) is 0.400. The van der Waals surface area contributed by atoms with Crippen LogP contribution in [0, 0.1) is 13.8 Å². The smallest absolute Gasteiger partial charge is 0.232 e. The molecule has 0 atom stereocenters. The molecule has 0 aliphatic heterocycles. The van der Waals surface area contributed by atoms with E-state index in [0.717, 1.165) is 11.5 Å². The first-order valence-corrected chi connectivity index (χ1v) is 7.58. The number of halogens is 1. The second kappa shape index (κ2) is 8.38. The molecule has 124 valence electrons. The Morgan fingerprint density at radius 1 is 1.39 bits per heavy atom. The maximum absolute atomic E-state index is 5.96. The number of hydrogen-bond donors (Lipinski definition) is 2. The van der Waals surface area contributed by atoms with E-state index in [1.54, 1.807) is 25.4 Å². The number of hydrogen-bond acceptors (Lipinski definition) is 5. The van der Waals surface area contributed by atoms with Crippen LogP contribution in [0.4, 0.5) is 0 Å². The molecule has 0 saturated carbocycles. The summed E-state index contributed by atoms with van der Waals surface area (Å²) in [6.45, 7) is 5.22. The maximum Gasteiger partial charge on any atom is 0.232 e. The standard InChI is InChI=1S/C15H20ClN5O2/c1-10-11(2)23-13(21-10)9-20-15(17-3)19-7-8-22-14-12(16)5-4-6-18-14/h4-6H,7-9H2,1-3H3,(H2,17,19,20). The highest BCUT2D eigenvalue weighted by atomic mass is 35.5. The van der Waals surface area contributed by atoms with Crippen LogP contribution < -0.4 is 15.4 Å². The normalized spacial score (nSPS) is 11.4. The molecule has 2 aromatic rings. The van der Waals surface area contributed by atoms with Crippen molar-refractivity contribution < 1.29 is 9.15 Å². The topological polar surface area (TPSA) is 84.6 Å². The Morgan fingerprint density at radius 2 is 2.22 bits per heavy atom. The van der Waals surface area contributed by atoms with Crippen molar-refractivity contribution >= 4 is 17.6 Å². The predicted molar refractivity (Wildman–Crippen MR) is 88.9 cm³/mol. The monoisotopic (exact) mass is 337 g/mol. The quantitative estimate of drug-likeness (QED) is 0.477. The molecule has 2 aromatic heterocycles. The second-order valence-corrected chi connectivity index (χ2v) is 5.15. The summed E-state index contributed by atoms with van der Waals surface area (Å²) in [6.07, 6.45) is 1.63. The van der Waals surface area contributed by atoms with Gasteiger partial charge in [-0.15, -0.1) is 0 Å². The van der Waals surface area contributed by atoms with Gasteiger partial charge in [-0.3, -0.25) is 4.99 Å². The summed E-state index contributed by atoms with van der Waals surface area (Å²) in [5.74, 6) is 2.50. The van der Waals surface area contributed by atoms with Gasteiger partial charge in [0, 0.05) is 13.2 Å². The summed E-state index contributed by atoms with van der Waals surface area (Å²) >= 11 is 5.96. The number of rotatable bonds is 6. The maximum atomic E-state index is 5.96. The Morgan fingerprint density at radius 3 is 2.87 bits per heavy atom. The van der Waals surface area contributed by atoms with Gasteiger partial charge >= 0.3 is 0 Å². The lowest BCUT2D eigenvalue weighted by atomic mass is 10.4. The zero-order chi connectivity index (χ0) is 16.7. The van der Waals surface area contributed by atoms with Crippen molar-refractivity contribution in [3.05, 3.63) is 40.7 Å². The summed E-state index contributed by atoms with van der Waals surface area (Å²) in [5.41, 5.74) is 0.894. The molecule has 0 aromatic carbocycles. The van der Waals surface area contributed by atoms with E-state index in [1.165, 1.54) is 0 Å². The number of nitrogens with zero attached hydrogens (tertiary/aromatic N) is 3. The first kappa shape index (κ1) is 17.1. The SMILES string of the molecule is CN=C(NCCOc1ncccc1Cl)NCc1nc(C)c(C)o1. The van der Waals surface area contributed by atoms with Crippen LogP contribution in [0.2, 0.25) is 5.02 Å². The summed E-state index contributed by atoms with van der Waals surface area (Å²) in [4.78, 5) is 12.5. The lowest BCUT2D eigenvalue weighted by molar-refractivity contribution is 0.310. The third-order valence-corrected chi connectivity index (χ3v) is 3.35. The van der Waals surface area contributed by atoms with Crippen molar-refractivity contribution in [2.75, 3.05) is 20.2 Å². The predicted octanol–water partition coefficient (Wildman–Crippen LogP) is 2.08. The van der Waals surface area contributed by atoms with Gasteiger partial charge in [-0.2, -0.15) is 0 Å². The summed E-state index contributed by atoms with van der Waals surface area (Å²) < 4.78 is 11.0. The van der Waals surface area contributed by atoms with Gasteiger partial charge in [-0.05, 0) is 26.0 Å². The molecule has 7 nitrogen and oxygen atoms in total. The Hall–Kier alpha value is -2.28. The summed E-state index contributed by atoms with van der Waals surface area (Å²) in [6, 6.07) is 3.49. The molecule has 0 spiro atoms. The Labute approximate surface area is 140 Å². The van der Waals surface area contributed by atoms with Crippen molar-refractivity contribution in [3.63, 3.8) is 0 Å². The molecule has 0 bridgehead atoms. The van der Waals surface area contributed by atoms with Gasteiger partial charge < -0.3 is 19.8 Å². The van der Waals surface area contributed by atoms with Crippen LogP contribution in [0.1, 0.15) is 17.3 Å². The Bertz CT molecular complexity index is 652. The third kappa shape index (κ3) is 5.14. The van der Waals surface area contributed by atoms with Crippen LogP contribution in [0.25, 0.3) is 0 Å². The van der Waals surface area contributed by atoms with Crippen molar-refractivity contribution in [1.29, 1.82) is 0 Å². The number of oxazole rings is 1. The number of nitrogens with one attached hydrogen (secondary N) is 2. The fourth-order valence-electron chi connectivity index (χ4n) is 1.79. The first-order chi connectivity index (χ1) is 11.1. The van der Waals surface area contributed by atoms with Crippen molar-refractivity contribution in [1.82, 2.24) is 20.6 Å². The summed E-state index contributed by atoms with van der Waals surface area (Å²) in [5, 5.41) is 6.74. The molecule has 2 heterocycles. The van der Waals surface area contributed by atoms with E-state index in [9.17, 15) is 0 Å². The minimum absolute atomic E-state index is 0.411. The van der Waals surface area contributed by atoms with Crippen LogP contribution in [0.15, 0.2) is 27.7 Å². The zero-order valence-electron chi connectivity index (χ0n) is 13.4. The number of aryl methyl sites for hydroxylation is 2. The van der Waals surface area contributed by atoms with E-state index >= 15 is 0 Å². The minimum Gasteiger partial charge on any atom is -0.475 e. The molecular weight excluding hydrogens is 318 g/mol. The Kier molecular flexibility index (Phi) is 6.22. The van der Waals surface area contributed by atoms with Crippen LogP contribution >= 0.6 is 11.6 Å². The highest BCUT2D eigenvalue weighted by molar-refractivity contribution is 6.31. The van der Waals surface area contributed by atoms with Gasteiger partial charge in [0.05, 0.1) is 18.8 Å². The molecule has 23 heavy (non-hydrogen) atoms. The highest BCUT2D eigenvalue weighted by Gasteiger charge is 2.06. The van der Waals surface area contributed by atoms with Crippen LogP contribution in [0.5, 0.6) is 5.88 Å².